The highest BCUT2D eigenvalue weighted by molar-refractivity contribution is 5.83. The standard InChI is InChI=1S/C20H26N2O2/c1-3-13-12-22-9-7-14(13)10-19(22)20(23)16-6-8-21-18-5-4-15(24-2)11-17(16)18/h4-6,8,11,13-14,19-20,23H,3,7,9-10,12H2,1-2H3/t13?,14-,19+,20-/m0/s1. The third-order valence-corrected chi connectivity index (χ3v) is 6.13. The molecule has 5 atom stereocenters. The van der Waals surface area contributed by atoms with E-state index in [4.69, 9.17) is 4.74 Å². The maximum atomic E-state index is 11.2. The third kappa shape index (κ3) is 2.58. The molecule has 0 radical (unpaired) electrons. The van der Waals surface area contributed by atoms with Crippen molar-refractivity contribution in [3.05, 3.63) is 36.0 Å². The number of rotatable bonds is 4. The minimum Gasteiger partial charge on any atom is -0.497 e. The lowest BCUT2D eigenvalue weighted by atomic mass is 9.72. The van der Waals surface area contributed by atoms with Crippen LogP contribution in [0.2, 0.25) is 0 Å². The van der Waals surface area contributed by atoms with E-state index in [2.05, 4.69) is 16.8 Å². The van der Waals surface area contributed by atoms with Crippen LogP contribution in [0.15, 0.2) is 30.5 Å². The van der Waals surface area contributed by atoms with E-state index in [1.165, 1.54) is 12.8 Å². The Balaban J connectivity index is 1.68. The summed E-state index contributed by atoms with van der Waals surface area (Å²) in [5.74, 6) is 2.37. The largest absolute Gasteiger partial charge is 0.497 e. The van der Waals surface area contributed by atoms with Crippen LogP contribution < -0.4 is 4.74 Å². The molecule has 3 aliphatic rings. The molecule has 2 bridgehead atoms. The number of ether oxygens (including phenoxy) is 1. The number of methoxy groups -OCH3 is 1. The van der Waals surface area contributed by atoms with E-state index < -0.39 is 6.10 Å². The van der Waals surface area contributed by atoms with Crippen LogP contribution in [0.25, 0.3) is 10.9 Å². The van der Waals surface area contributed by atoms with Crippen LogP contribution in [0, 0.1) is 11.8 Å². The van der Waals surface area contributed by atoms with Gasteiger partial charge in [-0.3, -0.25) is 9.88 Å². The van der Waals surface area contributed by atoms with Gasteiger partial charge in [0, 0.05) is 24.2 Å². The number of hydrogen-bond donors (Lipinski definition) is 1. The molecule has 2 aromatic rings. The molecular weight excluding hydrogens is 300 g/mol. The summed E-state index contributed by atoms with van der Waals surface area (Å²) in [5, 5.41) is 12.2. The molecule has 1 aromatic heterocycles. The van der Waals surface area contributed by atoms with Crippen LogP contribution in [0.1, 0.15) is 37.9 Å². The predicted molar refractivity (Wildman–Crippen MR) is 95.1 cm³/mol. The lowest BCUT2D eigenvalue weighted by molar-refractivity contribution is -0.0562. The SMILES string of the molecule is CCC1CN2CC[C@H]1C[C@@H]2[C@@H](O)c1ccnc2ccc(OC)cc12. The first-order valence-electron chi connectivity index (χ1n) is 9.06. The van der Waals surface area contributed by atoms with E-state index in [-0.39, 0.29) is 6.04 Å². The Morgan fingerprint density at radius 1 is 1.38 bits per heavy atom. The Labute approximate surface area is 143 Å². The monoisotopic (exact) mass is 326 g/mol. The van der Waals surface area contributed by atoms with Crippen molar-refractivity contribution in [2.45, 2.75) is 38.3 Å². The molecule has 3 saturated heterocycles. The second kappa shape index (κ2) is 6.34. The van der Waals surface area contributed by atoms with Crippen molar-refractivity contribution in [2.24, 2.45) is 11.8 Å². The van der Waals surface area contributed by atoms with E-state index >= 15 is 0 Å². The highest BCUT2D eigenvalue weighted by Crippen LogP contribution is 2.42. The van der Waals surface area contributed by atoms with Gasteiger partial charge in [-0.05, 0) is 61.1 Å². The third-order valence-electron chi connectivity index (χ3n) is 6.13. The van der Waals surface area contributed by atoms with Crippen molar-refractivity contribution in [3.8, 4) is 5.75 Å². The van der Waals surface area contributed by atoms with Crippen molar-refractivity contribution in [2.75, 3.05) is 20.2 Å². The van der Waals surface area contributed by atoms with E-state index in [0.717, 1.165) is 53.6 Å². The topological polar surface area (TPSA) is 45.6 Å². The number of aromatic nitrogens is 1. The van der Waals surface area contributed by atoms with Gasteiger partial charge in [-0.25, -0.2) is 0 Å². The van der Waals surface area contributed by atoms with Gasteiger partial charge in [0.05, 0.1) is 18.7 Å². The van der Waals surface area contributed by atoms with Gasteiger partial charge in [0.1, 0.15) is 5.75 Å². The van der Waals surface area contributed by atoms with Gasteiger partial charge in [-0.2, -0.15) is 0 Å². The predicted octanol–water partition coefficient (Wildman–Crippen LogP) is 3.40. The molecule has 5 rings (SSSR count). The molecule has 0 saturated carbocycles. The second-order valence-electron chi connectivity index (χ2n) is 7.24. The van der Waals surface area contributed by atoms with E-state index in [1.807, 2.05) is 24.3 Å². The average molecular weight is 326 g/mol. The normalized spacial score (nSPS) is 30.5. The summed E-state index contributed by atoms with van der Waals surface area (Å²) in [6, 6.07) is 8.07. The van der Waals surface area contributed by atoms with Crippen LogP contribution >= 0.6 is 0 Å². The van der Waals surface area contributed by atoms with Crippen molar-refractivity contribution in [3.63, 3.8) is 0 Å². The highest BCUT2D eigenvalue weighted by atomic mass is 16.5. The maximum Gasteiger partial charge on any atom is 0.119 e. The first-order valence-corrected chi connectivity index (χ1v) is 9.06. The Morgan fingerprint density at radius 2 is 2.25 bits per heavy atom. The van der Waals surface area contributed by atoms with E-state index in [1.54, 1.807) is 13.3 Å². The zero-order valence-corrected chi connectivity index (χ0v) is 14.5. The van der Waals surface area contributed by atoms with Gasteiger partial charge in [-0.15, -0.1) is 0 Å². The van der Waals surface area contributed by atoms with Crippen molar-refractivity contribution < 1.29 is 9.84 Å². The fourth-order valence-corrected chi connectivity index (χ4v) is 4.71. The Hall–Kier alpha value is -1.65. The number of hydrogen-bond acceptors (Lipinski definition) is 4. The molecule has 0 amide bonds. The Morgan fingerprint density at radius 3 is 2.96 bits per heavy atom. The molecule has 4 heterocycles. The number of nitrogens with zero attached hydrogens (tertiary/aromatic N) is 2. The van der Waals surface area contributed by atoms with Crippen LogP contribution in [0.4, 0.5) is 0 Å². The summed E-state index contributed by atoms with van der Waals surface area (Å²) >= 11 is 0. The number of pyridine rings is 1. The van der Waals surface area contributed by atoms with Gasteiger partial charge in [-0.1, -0.05) is 13.3 Å². The van der Waals surface area contributed by atoms with Crippen molar-refractivity contribution >= 4 is 10.9 Å². The summed E-state index contributed by atoms with van der Waals surface area (Å²) < 4.78 is 5.36. The number of benzene rings is 1. The first kappa shape index (κ1) is 15.9. The quantitative estimate of drug-likeness (QED) is 0.935. The van der Waals surface area contributed by atoms with Crippen LogP contribution in [0.3, 0.4) is 0 Å². The highest BCUT2D eigenvalue weighted by Gasteiger charge is 2.42. The minimum atomic E-state index is -0.469. The number of piperidine rings is 3. The molecule has 4 heteroatoms. The molecule has 128 valence electrons. The number of aliphatic hydroxyl groups is 1. The van der Waals surface area contributed by atoms with Crippen molar-refractivity contribution in [1.29, 1.82) is 0 Å². The fourth-order valence-electron chi connectivity index (χ4n) is 4.71. The van der Waals surface area contributed by atoms with Gasteiger partial charge in [0.2, 0.25) is 0 Å². The Kier molecular flexibility index (Phi) is 4.19. The molecule has 4 nitrogen and oxygen atoms in total. The van der Waals surface area contributed by atoms with E-state index in [0.29, 0.717) is 0 Å². The molecule has 2 unspecified atom stereocenters. The lowest BCUT2D eigenvalue weighted by Crippen LogP contribution is -2.55. The van der Waals surface area contributed by atoms with Crippen molar-refractivity contribution in [1.82, 2.24) is 9.88 Å². The lowest BCUT2D eigenvalue weighted by Gasteiger charge is -2.51. The zero-order valence-electron chi connectivity index (χ0n) is 14.5. The molecular formula is C20H26N2O2. The molecule has 0 aliphatic carbocycles. The Bertz CT molecular complexity index is 733. The minimum absolute atomic E-state index is 0.225. The van der Waals surface area contributed by atoms with Crippen LogP contribution in [-0.2, 0) is 0 Å². The molecule has 3 aliphatic heterocycles. The average Bonchev–Trinajstić information content (AvgIpc) is 2.66. The molecule has 3 fully saturated rings. The van der Waals surface area contributed by atoms with Gasteiger partial charge < -0.3 is 9.84 Å². The van der Waals surface area contributed by atoms with Crippen LogP contribution in [0.5, 0.6) is 5.75 Å². The molecule has 1 N–H and O–H groups in total. The second-order valence-corrected chi connectivity index (χ2v) is 7.24. The fraction of sp³-hybridized carbons (Fsp3) is 0.550. The van der Waals surface area contributed by atoms with Gasteiger partial charge >= 0.3 is 0 Å². The number of aliphatic hydroxyl groups excluding tert-OH is 1. The maximum absolute atomic E-state index is 11.2. The number of fused-ring (bicyclic) bond motifs is 4. The smallest absolute Gasteiger partial charge is 0.119 e. The molecule has 24 heavy (non-hydrogen) atoms. The first-order chi connectivity index (χ1) is 11.7. The molecule has 1 aromatic carbocycles. The summed E-state index contributed by atoms with van der Waals surface area (Å²) in [5.41, 5.74) is 1.89. The van der Waals surface area contributed by atoms with Gasteiger partial charge in [0.25, 0.3) is 0 Å². The summed E-state index contributed by atoms with van der Waals surface area (Å²) in [7, 11) is 1.67. The summed E-state index contributed by atoms with van der Waals surface area (Å²) in [4.78, 5) is 6.94. The zero-order chi connectivity index (χ0) is 16.7. The van der Waals surface area contributed by atoms with E-state index in [9.17, 15) is 5.11 Å². The van der Waals surface area contributed by atoms with Gasteiger partial charge in [0.15, 0.2) is 0 Å². The summed E-state index contributed by atoms with van der Waals surface area (Å²) in [6.07, 6.45) is 4.97. The van der Waals surface area contributed by atoms with Crippen LogP contribution in [-0.4, -0.2) is 41.2 Å². The molecule has 0 spiro atoms. The summed E-state index contributed by atoms with van der Waals surface area (Å²) in [6.45, 7) is 4.55.